The zero-order valence-corrected chi connectivity index (χ0v) is 4.68. The monoisotopic (exact) mass is 178 g/mol. The smallest absolute Gasteiger partial charge is 0.439 e. The second kappa shape index (κ2) is 1.83. The van der Waals surface area contributed by atoms with Crippen molar-refractivity contribution in [1.82, 2.24) is 0 Å². The summed E-state index contributed by atoms with van der Waals surface area (Å²) in [5.41, 5.74) is 0. The lowest BCUT2D eigenvalue weighted by molar-refractivity contribution is -0.107. The van der Waals surface area contributed by atoms with Crippen molar-refractivity contribution in [3.63, 3.8) is 0 Å². The van der Waals surface area contributed by atoms with E-state index in [9.17, 15) is 26.3 Å². The molecule has 64 valence electrons. The zero-order chi connectivity index (χ0) is 8.86. The molecule has 0 saturated carbocycles. The summed E-state index contributed by atoms with van der Waals surface area (Å²) in [6.45, 7) is 0. The molecule has 1 rings (SSSR count). The molecule has 0 fully saturated rings. The van der Waals surface area contributed by atoms with Crippen LogP contribution in [0.5, 0.6) is 0 Å². The third-order valence-corrected chi connectivity index (χ3v) is 0.884. The van der Waals surface area contributed by atoms with Crippen LogP contribution >= 0.6 is 0 Å². The number of allylic oxidation sites excluding steroid dienone is 2. The molecule has 0 radical (unpaired) electrons. The van der Waals surface area contributed by atoms with E-state index in [2.05, 4.69) is 4.74 Å². The van der Waals surface area contributed by atoms with Crippen LogP contribution in [0.3, 0.4) is 0 Å². The van der Waals surface area contributed by atoms with Crippen LogP contribution in [-0.2, 0) is 4.74 Å². The lowest BCUT2D eigenvalue weighted by atomic mass is 10.5. The highest BCUT2D eigenvalue weighted by atomic mass is 19.4. The Labute approximate surface area is 56.2 Å². The predicted molar refractivity (Wildman–Crippen MR) is 20.2 cm³/mol. The van der Waals surface area contributed by atoms with E-state index in [4.69, 9.17) is 0 Å². The normalized spacial score (nSPS) is 18.4. The second-order valence-corrected chi connectivity index (χ2v) is 1.76. The number of hydrogen-bond donors (Lipinski definition) is 0. The van der Waals surface area contributed by atoms with Gasteiger partial charge in [-0.05, 0) is 0 Å². The van der Waals surface area contributed by atoms with Crippen LogP contribution in [0.25, 0.3) is 0 Å². The molecule has 1 aliphatic heterocycles. The first-order chi connectivity index (χ1) is 4.73. The molecule has 0 bridgehead atoms. The molecular formula is C4F6O. The predicted octanol–water partition coefficient (Wildman–Crippen LogP) is 2.35. The minimum Gasteiger partial charge on any atom is -0.439 e. The largest absolute Gasteiger partial charge is 0.453 e. The van der Waals surface area contributed by atoms with Crippen LogP contribution in [0.15, 0.2) is 11.5 Å². The molecule has 0 amide bonds. The number of alkyl halides is 6. The fourth-order valence-electron chi connectivity index (χ4n) is 0.450. The molecule has 0 aromatic carbocycles. The fourth-order valence-corrected chi connectivity index (χ4v) is 0.450. The molecular weight excluding hydrogens is 178 g/mol. The molecule has 0 spiro atoms. The van der Waals surface area contributed by atoms with Crippen LogP contribution < -0.4 is 0 Å². The minimum absolute atomic E-state index is 1.94. The maximum Gasteiger partial charge on any atom is 0.453 e. The molecule has 0 atom stereocenters. The molecule has 7 heteroatoms. The van der Waals surface area contributed by atoms with Crippen molar-refractivity contribution in [2.45, 2.75) is 12.4 Å². The van der Waals surface area contributed by atoms with Gasteiger partial charge in [-0.25, -0.2) is 0 Å². The average Bonchev–Trinajstić information content (AvgIpc) is 2.30. The first kappa shape index (κ1) is 8.22. The number of halogens is 6. The van der Waals surface area contributed by atoms with E-state index in [0.29, 0.717) is 0 Å². The summed E-state index contributed by atoms with van der Waals surface area (Å²) < 4.78 is 71.3. The fraction of sp³-hybridized carbons (Fsp3) is 0.500. The van der Waals surface area contributed by atoms with Crippen LogP contribution in [-0.4, -0.2) is 12.4 Å². The topological polar surface area (TPSA) is 12.5 Å². The Morgan fingerprint density at radius 1 is 0.727 bits per heavy atom. The molecule has 1 heterocycles. The SMILES string of the molecule is FC(F)(F)C1=C(C(F)(F)F)O1. The van der Waals surface area contributed by atoms with E-state index in [1.807, 2.05) is 0 Å². The Bertz CT molecular complexity index is 186. The van der Waals surface area contributed by atoms with Gasteiger partial charge in [0.2, 0.25) is 0 Å². The third kappa shape index (κ3) is 1.58. The van der Waals surface area contributed by atoms with E-state index in [0.717, 1.165) is 0 Å². The van der Waals surface area contributed by atoms with Crippen LogP contribution in [0, 0.1) is 0 Å². The summed E-state index contributed by atoms with van der Waals surface area (Å²) in [5, 5.41) is 0. The van der Waals surface area contributed by atoms with Crippen molar-refractivity contribution in [3.05, 3.63) is 11.5 Å². The van der Waals surface area contributed by atoms with Gasteiger partial charge in [-0.2, -0.15) is 26.3 Å². The van der Waals surface area contributed by atoms with Gasteiger partial charge in [0.25, 0.3) is 11.5 Å². The first-order valence-corrected chi connectivity index (χ1v) is 2.29. The standard InChI is InChI=1S/C4F6O/c5-3(6,7)1-2(11-1)4(8,9)10. The quantitative estimate of drug-likeness (QED) is 0.518. The molecule has 1 nitrogen and oxygen atoms in total. The van der Waals surface area contributed by atoms with Crippen molar-refractivity contribution in [2.24, 2.45) is 0 Å². The Balaban J connectivity index is 2.77. The Kier molecular flexibility index (Phi) is 1.37. The highest BCUT2D eigenvalue weighted by Gasteiger charge is 2.59. The van der Waals surface area contributed by atoms with E-state index in [-0.39, 0.29) is 0 Å². The van der Waals surface area contributed by atoms with E-state index in [1.165, 1.54) is 0 Å². The minimum atomic E-state index is -5.02. The molecule has 0 aromatic heterocycles. The van der Waals surface area contributed by atoms with Crippen molar-refractivity contribution < 1.29 is 31.1 Å². The van der Waals surface area contributed by atoms with Crippen molar-refractivity contribution in [2.75, 3.05) is 0 Å². The Hall–Kier alpha value is -0.880. The van der Waals surface area contributed by atoms with Crippen molar-refractivity contribution >= 4 is 0 Å². The van der Waals surface area contributed by atoms with Gasteiger partial charge >= 0.3 is 12.4 Å². The first-order valence-electron chi connectivity index (χ1n) is 2.29. The average molecular weight is 178 g/mol. The van der Waals surface area contributed by atoms with Crippen LogP contribution in [0.1, 0.15) is 0 Å². The summed E-state index contributed by atoms with van der Waals surface area (Å²) in [7, 11) is 0. The summed E-state index contributed by atoms with van der Waals surface area (Å²) in [6, 6.07) is 0. The zero-order valence-electron chi connectivity index (χ0n) is 4.68. The Morgan fingerprint density at radius 3 is 1.09 bits per heavy atom. The summed E-state index contributed by atoms with van der Waals surface area (Å²) in [6.07, 6.45) is -10.0. The van der Waals surface area contributed by atoms with Gasteiger partial charge in [-0.1, -0.05) is 0 Å². The van der Waals surface area contributed by atoms with Crippen LogP contribution in [0.2, 0.25) is 0 Å². The van der Waals surface area contributed by atoms with Gasteiger partial charge in [0, 0.05) is 0 Å². The molecule has 0 saturated heterocycles. The highest BCUT2D eigenvalue weighted by Crippen LogP contribution is 2.48. The Morgan fingerprint density at radius 2 is 1.00 bits per heavy atom. The van der Waals surface area contributed by atoms with Gasteiger partial charge in [0.15, 0.2) is 0 Å². The molecule has 0 unspecified atom stereocenters. The van der Waals surface area contributed by atoms with E-state index in [1.54, 1.807) is 0 Å². The molecule has 1 aliphatic rings. The number of rotatable bonds is 0. The van der Waals surface area contributed by atoms with Gasteiger partial charge in [-0.15, -0.1) is 0 Å². The van der Waals surface area contributed by atoms with Gasteiger partial charge in [0.05, 0.1) is 0 Å². The number of hydrogen-bond acceptors (Lipinski definition) is 1. The number of ether oxygens (including phenoxy) is 1. The lowest BCUT2D eigenvalue weighted by Gasteiger charge is -1.93. The van der Waals surface area contributed by atoms with Gasteiger partial charge < -0.3 is 4.74 Å². The second-order valence-electron chi connectivity index (χ2n) is 1.76. The highest BCUT2D eigenvalue weighted by molar-refractivity contribution is 5.26. The summed E-state index contributed by atoms with van der Waals surface area (Å²) in [4.78, 5) is 0. The molecule has 11 heavy (non-hydrogen) atoms. The molecule has 0 N–H and O–H groups in total. The maximum absolute atomic E-state index is 11.3. The van der Waals surface area contributed by atoms with E-state index >= 15 is 0 Å². The van der Waals surface area contributed by atoms with Gasteiger partial charge in [0.1, 0.15) is 0 Å². The maximum atomic E-state index is 11.3. The molecule has 0 aliphatic carbocycles. The van der Waals surface area contributed by atoms with Crippen LogP contribution in [0.4, 0.5) is 26.3 Å². The van der Waals surface area contributed by atoms with Crippen molar-refractivity contribution in [1.29, 1.82) is 0 Å². The molecule has 0 aromatic rings. The summed E-state index contributed by atoms with van der Waals surface area (Å²) >= 11 is 0. The van der Waals surface area contributed by atoms with E-state index < -0.39 is 23.9 Å². The van der Waals surface area contributed by atoms with Gasteiger partial charge in [-0.3, -0.25) is 0 Å². The van der Waals surface area contributed by atoms with Crippen molar-refractivity contribution in [3.8, 4) is 0 Å². The lowest BCUT2D eigenvalue weighted by Crippen LogP contribution is -2.07. The third-order valence-electron chi connectivity index (χ3n) is 0.884. The summed E-state index contributed by atoms with van der Waals surface area (Å²) in [5.74, 6) is -3.88.